The highest BCUT2D eigenvalue weighted by atomic mass is 19.4. The Balaban J connectivity index is 1.54. The Morgan fingerprint density at radius 2 is 1.16 bits per heavy atom. The summed E-state index contributed by atoms with van der Waals surface area (Å²) in [4.78, 5) is 27.5. The number of carbonyl (C=O) groups excluding carboxylic acids is 2. The maximum absolute atomic E-state index is 12.8. The third-order valence-electron chi connectivity index (χ3n) is 6.38. The van der Waals surface area contributed by atoms with Crippen LogP contribution in [0.4, 0.5) is 13.2 Å². The third-order valence-corrected chi connectivity index (χ3v) is 6.38. The molecule has 0 fully saturated rings. The van der Waals surface area contributed by atoms with Crippen molar-refractivity contribution in [2.75, 3.05) is 0 Å². The van der Waals surface area contributed by atoms with Crippen LogP contribution >= 0.6 is 0 Å². The summed E-state index contributed by atoms with van der Waals surface area (Å²) in [5.41, 5.74) is 4.43. The topological polar surface area (TPSA) is 46.6 Å². The van der Waals surface area contributed by atoms with Crippen LogP contribution in [-0.2, 0) is 53.0 Å². The van der Waals surface area contributed by atoms with E-state index in [9.17, 15) is 22.8 Å². The zero-order valence-corrected chi connectivity index (χ0v) is 21.7. The minimum Gasteiger partial charge on any atom is -0.361 e. The van der Waals surface area contributed by atoms with Gasteiger partial charge in [-0.05, 0) is 65.6 Å². The van der Waals surface area contributed by atoms with Crippen molar-refractivity contribution in [3.8, 4) is 0 Å². The zero-order chi connectivity index (χ0) is 27.4. The lowest BCUT2D eigenvalue weighted by Crippen LogP contribution is -2.27. The van der Waals surface area contributed by atoms with Gasteiger partial charge in [-0.3, -0.25) is 4.79 Å². The van der Waals surface area contributed by atoms with E-state index in [1.807, 2.05) is 24.3 Å². The van der Waals surface area contributed by atoms with Crippen molar-refractivity contribution in [2.45, 2.75) is 71.1 Å². The van der Waals surface area contributed by atoms with Gasteiger partial charge in [0, 0.05) is 0 Å². The van der Waals surface area contributed by atoms with E-state index in [1.165, 1.54) is 54.0 Å². The maximum atomic E-state index is 12.8. The molecular weight excluding hydrogens is 491 g/mol. The quantitative estimate of drug-likeness (QED) is 0.0961. The SMILES string of the molecule is CCCCCCc1ccc(CCc2ccc(CN(Cc3ccc(C(F)(F)F)cc3)OC(=O)C=O)cc2)cc1. The Hall–Kier alpha value is -3.45. The normalized spacial score (nSPS) is 11.5. The molecule has 0 bridgehead atoms. The van der Waals surface area contributed by atoms with Crippen LogP contribution < -0.4 is 0 Å². The number of hydrogen-bond donors (Lipinski definition) is 0. The highest BCUT2D eigenvalue weighted by Crippen LogP contribution is 2.29. The number of hydrogen-bond acceptors (Lipinski definition) is 4. The van der Waals surface area contributed by atoms with Gasteiger partial charge >= 0.3 is 12.1 Å². The van der Waals surface area contributed by atoms with Crippen LogP contribution in [0.2, 0.25) is 0 Å². The molecular formula is C31H34F3NO3. The fourth-order valence-electron chi connectivity index (χ4n) is 4.20. The van der Waals surface area contributed by atoms with Crippen molar-refractivity contribution in [3.05, 3.63) is 106 Å². The van der Waals surface area contributed by atoms with Crippen molar-refractivity contribution in [1.29, 1.82) is 0 Å². The molecule has 3 rings (SSSR count). The first kappa shape index (κ1) is 29.1. The van der Waals surface area contributed by atoms with Crippen LogP contribution in [0.5, 0.6) is 0 Å². The second-order valence-corrected chi connectivity index (χ2v) is 9.46. The Morgan fingerprint density at radius 3 is 1.61 bits per heavy atom. The largest absolute Gasteiger partial charge is 0.416 e. The van der Waals surface area contributed by atoms with E-state index in [1.54, 1.807) is 0 Å². The first-order valence-electron chi connectivity index (χ1n) is 13.0. The molecule has 0 aliphatic heterocycles. The van der Waals surface area contributed by atoms with Gasteiger partial charge in [0.05, 0.1) is 18.7 Å². The number of carbonyl (C=O) groups is 2. The monoisotopic (exact) mass is 525 g/mol. The standard InChI is InChI=1S/C31H34F3NO3/c1-2-3-4-5-6-24-7-9-25(10-8-24)11-12-26-13-15-27(16-14-26)21-35(38-30(37)23-36)22-28-17-19-29(20-18-28)31(32,33)34/h7-10,13-20,23H,2-6,11-12,21-22H2,1H3. The lowest BCUT2D eigenvalue weighted by atomic mass is 10.0. The summed E-state index contributed by atoms with van der Waals surface area (Å²) in [5.74, 6) is -1.07. The molecule has 0 aliphatic rings. The van der Waals surface area contributed by atoms with Crippen molar-refractivity contribution in [3.63, 3.8) is 0 Å². The van der Waals surface area contributed by atoms with Crippen molar-refractivity contribution in [2.24, 2.45) is 0 Å². The van der Waals surface area contributed by atoms with Crippen molar-refractivity contribution in [1.82, 2.24) is 5.06 Å². The number of benzene rings is 3. The number of hydroxylamine groups is 2. The molecule has 38 heavy (non-hydrogen) atoms. The molecule has 3 aromatic rings. The molecule has 0 N–H and O–H groups in total. The number of aryl methyl sites for hydroxylation is 3. The minimum absolute atomic E-state index is 0.0358. The van der Waals surface area contributed by atoms with Gasteiger partial charge in [-0.2, -0.15) is 13.2 Å². The summed E-state index contributed by atoms with van der Waals surface area (Å²) in [5, 5.41) is 1.26. The van der Waals surface area contributed by atoms with Crippen LogP contribution in [0.3, 0.4) is 0 Å². The molecule has 0 atom stereocenters. The summed E-state index contributed by atoms with van der Waals surface area (Å²) in [7, 11) is 0. The van der Waals surface area contributed by atoms with Crippen LogP contribution in [0.25, 0.3) is 0 Å². The fraction of sp³-hybridized carbons (Fsp3) is 0.355. The van der Waals surface area contributed by atoms with Gasteiger partial charge in [0.2, 0.25) is 6.29 Å². The molecule has 202 valence electrons. The number of halogens is 3. The van der Waals surface area contributed by atoms with Crippen molar-refractivity contribution < 1.29 is 27.6 Å². The van der Waals surface area contributed by atoms with E-state index in [0.717, 1.165) is 42.5 Å². The number of nitrogens with zero attached hydrogens (tertiary/aromatic N) is 1. The van der Waals surface area contributed by atoms with Crippen LogP contribution in [-0.4, -0.2) is 17.3 Å². The smallest absolute Gasteiger partial charge is 0.361 e. The van der Waals surface area contributed by atoms with Gasteiger partial charge in [-0.15, -0.1) is 5.06 Å². The summed E-state index contributed by atoms with van der Waals surface area (Å²) in [6, 6.07) is 21.3. The second-order valence-electron chi connectivity index (χ2n) is 9.46. The number of rotatable bonds is 14. The van der Waals surface area contributed by atoms with Crippen LogP contribution in [0.1, 0.15) is 66.0 Å². The molecule has 0 saturated carbocycles. The molecule has 0 saturated heterocycles. The lowest BCUT2D eigenvalue weighted by Gasteiger charge is -2.20. The average molecular weight is 526 g/mol. The zero-order valence-electron chi connectivity index (χ0n) is 21.7. The van der Waals surface area contributed by atoms with E-state index in [4.69, 9.17) is 4.84 Å². The first-order chi connectivity index (χ1) is 18.3. The number of unbranched alkanes of at least 4 members (excludes halogenated alkanes) is 3. The summed E-state index contributed by atoms with van der Waals surface area (Å²) >= 11 is 0. The van der Waals surface area contributed by atoms with E-state index >= 15 is 0 Å². The molecule has 0 aromatic heterocycles. The third kappa shape index (κ3) is 9.78. The molecule has 3 aromatic carbocycles. The Kier molecular flexibility index (Phi) is 11.1. The van der Waals surface area contributed by atoms with E-state index in [0.29, 0.717) is 5.56 Å². The summed E-state index contributed by atoms with van der Waals surface area (Å²) in [6.07, 6.45) is 3.60. The second kappa shape index (κ2) is 14.5. The summed E-state index contributed by atoms with van der Waals surface area (Å²) in [6.45, 7) is 2.44. The Morgan fingerprint density at radius 1 is 0.711 bits per heavy atom. The molecule has 0 amide bonds. The Bertz CT molecular complexity index is 1140. The van der Waals surface area contributed by atoms with Crippen LogP contribution in [0.15, 0.2) is 72.8 Å². The molecule has 0 heterocycles. The van der Waals surface area contributed by atoms with Crippen LogP contribution in [0, 0.1) is 0 Å². The number of alkyl halides is 3. The maximum Gasteiger partial charge on any atom is 0.416 e. The van der Waals surface area contributed by atoms with Gasteiger partial charge in [-0.25, -0.2) is 4.79 Å². The molecule has 4 nitrogen and oxygen atoms in total. The molecule has 7 heteroatoms. The average Bonchev–Trinajstić information content (AvgIpc) is 2.91. The molecule has 0 unspecified atom stereocenters. The highest BCUT2D eigenvalue weighted by molar-refractivity contribution is 6.20. The molecule has 0 spiro atoms. The Labute approximate surface area is 222 Å². The van der Waals surface area contributed by atoms with Gasteiger partial charge in [0.25, 0.3) is 0 Å². The lowest BCUT2D eigenvalue weighted by molar-refractivity contribution is -0.195. The number of aldehydes is 1. The minimum atomic E-state index is -4.43. The predicted octanol–water partition coefficient (Wildman–Crippen LogP) is 7.27. The summed E-state index contributed by atoms with van der Waals surface area (Å²) < 4.78 is 38.5. The van der Waals surface area contributed by atoms with E-state index in [2.05, 4.69) is 31.2 Å². The van der Waals surface area contributed by atoms with Gasteiger partial charge in [0.15, 0.2) is 0 Å². The van der Waals surface area contributed by atoms with Gasteiger partial charge in [-0.1, -0.05) is 86.8 Å². The van der Waals surface area contributed by atoms with E-state index < -0.39 is 17.7 Å². The fourth-order valence-corrected chi connectivity index (χ4v) is 4.20. The van der Waals surface area contributed by atoms with Gasteiger partial charge < -0.3 is 4.84 Å². The van der Waals surface area contributed by atoms with Gasteiger partial charge in [0.1, 0.15) is 0 Å². The molecule has 0 aliphatic carbocycles. The predicted molar refractivity (Wildman–Crippen MR) is 141 cm³/mol. The van der Waals surface area contributed by atoms with Crippen molar-refractivity contribution >= 4 is 12.3 Å². The molecule has 0 radical (unpaired) electrons. The van der Waals surface area contributed by atoms with E-state index in [-0.39, 0.29) is 19.4 Å². The highest BCUT2D eigenvalue weighted by Gasteiger charge is 2.30. The first-order valence-corrected chi connectivity index (χ1v) is 13.0.